The second kappa shape index (κ2) is 9.15. The van der Waals surface area contributed by atoms with Crippen LogP contribution in [0.2, 0.25) is 0 Å². The van der Waals surface area contributed by atoms with E-state index < -0.39 is 0 Å². The van der Waals surface area contributed by atoms with Crippen LogP contribution >= 0.6 is 0 Å². The Labute approximate surface area is 70.5 Å². The van der Waals surface area contributed by atoms with Gasteiger partial charge in [-0.2, -0.15) is 0 Å². The Bertz CT molecular complexity index is 132. The molecule has 0 aliphatic carbocycles. The Kier molecular flexibility index (Phi) is 10.6. The Morgan fingerprint density at radius 2 is 1.82 bits per heavy atom. The zero-order chi connectivity index (χ0) is 9.28. The fraction of sp³-hybridized carbons (Fsp3) is 0.500. The number of aliphatic imine (C=N–C) groups is 1. The van der Waals surface area contributed by atoms with Crippen molar-refractivity contribution in [3.8, 4) is 0 Å². The summed E-state index contributed by atoms with van der Waals surface area (Å²) in [4.78, 5) is 4.00. The first-order valence-corrected chi connectivity index (χ1v) is 4.02. The minimum absolute atomic E-state index is 0.432. The molecule has 0 spiro atoms. The lowest BCUT2D eigenvalue weighted by Crippen LogP contribution is -1.87. The van der Waals surface area contributed by atoms with E-state index in [1.807, 2.05) is 13.8 Å². The predicted molar refractivity (Wildman–Crippen MR) is 54.0 cm³/mol. The first-order valence-electron chi connectivity index (χ1n) is 4.02. The van der Waals surface area contributed by atoms with Crippen LogP contribution in [0.15, 0.2) is 29.9 Å². The Morgan fingerprint density at radius 1 is 1.36 bits per heavy atom. The maximum atomic E-state index is 4.00. The Morgan fingerprint density at radius 3 is 2.09 bits per heavy atom. The third kappa shape index (κ3) is 9.15. The van der Waals surface area contributed by atoms with Crippen molar-refractivity contribution >= 4 is 6.21 Å². The second-order valence-electron chi connectivity index (χ2n) is 2.16. The van der Waals surface area contributed by atoms with Crippen molar-refractivity contribution in [2.75, 3.05) is 0 Å². The molecule has 0 atom stereocenters. The van der Waals surface area contributed by atoms with Crippen LogP contribution in [0, 0.1) is 5.92 Å². The Hall–Kier alpha value is -0.850. The topological polar surface area (TPSA) is 12.4 Å². The van der Waals surface area contributed by atoms with Gasteiger partial charge in [-0.3, -0.25) is 4.99 Å². The smallest absolute Gasteiger partial charge is 0.0357 e. The monoisotopic (exact) mass is 153 g/mol. The van der Waals surface area contributed by atoms with E-state index >= 15 is 0 Å². The standard InChI is InChI=1S/C8H13N.C2H6/c1-5-6-9-8(4)7(2)3;1-2/h5-7H,1,4H2,2-3H3;1-2H3. The van der Waals surface area contributed by atoms with Crippen molar-refractivity contribution in [2.45, 2.75) is 27.7 Å². The summed E-state index contributed by atoms with van der Waals surface area (Å²) < 4.78 is 0. The lowest BCUT2D eigenvalue weighted by atomic mass is 10.2. The molecule has 0 aliphatic heterocycles. The van der Waals surface area contributed by atoms with Gasteiger partial charge in [0.2, 0.25) is 0 Å². The van der Waals surface area contributed by atoms with Crippen molar-refractivity contribution in [3.05, 3.63) is 24.9 Å². The average molecular weight is 153 g/mol. The van der Waals surface area contributed by atoms with E-state index in [0.29, 0.717) is 5.92 Å². The zero-order valence-electron chi connectivity index (χ0n) is 8.09. The number of hydrogen-bond donors (Lipinski definition) is 0. The lowest BCUT2D eigenvalue weighted by molar-refractivity contribution is 0.763. The normalized spacial score (nSPS) is 9.18. The summed E-state index contributed by atoms with van der Waals surface area (Å²) in [6, 6.07) is 0. The van der Waals surface area contributed by atoms with Gasteiger partial charge < -0.3 is 0 Å². The van der Waals surface area contributed by atoms with E-state index in [4.69, 9.17) is 0 Å². The summed E-state index contributed by atoms with van der Waals surface area (Å²) in [5, 5.41) is 0. The van der Waals surface area contributed by atoms with E-state index in [2.05, 4.69) is 32.0 Å². The molecule has 11 heavy (non-hydrogen) atoms. The molecule has 1 heteroatoms. The summed E-state index contributed by atoms with van der Waals surface area (Å²) in [7, 11) is 0. The van der Waals surface area contributed by atoms with Gasteiger partial charge in [0.1, 0.15) is 0 Å². The Balaban J connectivity index is 0. The quantitative estimate of drug-likeness (QED) is 0.551. The third-order valence-corrected chi connectivity index (χ3v) is 1.01. The third-order valence-electron chi connectivity index (χ3n) is 1.01. The molecule has 0 bridgehead atoms. The van der Waals surface area contributed by atoms with Gasteiger partial charge in [0, 0.05) is 11.9 Å². The van der Waals surface area contributed by atoms with Crippen molar-refractivity contribution in [2.24, 2.45) is 10.9 Å². The van der Waals surface area contributed by atoms with E-state index in [1.165, 1.54) is 0 Å². The van der Waals surface area contributed by atoms with Crippen molar-refractivity contribution < 1.29 is 0 Å². The molecule has 0 aliphatic rings. The van der Waals surface area contributed by atoms with Crippen molar-refractivity contribution in [1.82, 2.24) is 0 Å². The van der Waals surface area contributed by atoms with Crippen molar-refractivity contribution in [3.63, 3.8) is 0 Å². The van der Waals surface area contributed by atoms with Gasteiger partial charge in [-0.15, -0.1) is 0 Å². The van der Waals surface area contributed by atoms with E-state index in [-0.39, 0.29) is 0 Å². The molecular formula is C10H19N. The van der Waals surface area contributed by atoms with Gasteiger partial charge in [-0.05, 0) is 5.92 Å². The summed E-state index contributed by atoms with van der Waals surface area (Å²) in [6.45, 7) is 15.4. The summed E-state index contributed by atoms with van der Waals surface area (Å²) in [5.74, 6) is 0.432. The van der Waals surface area contributed by atoms with Gasteiger partial charge in [-0.1, -0.05) is 46.9 Å². The van der Waals surface area contributed by atoms with Crippen molar-refractivity contribution in [1.29, 1.82) is 0 Å². The second-order valence-corrected chi connectivity index (χ2v) is 2.16. The molecule has 0 rings (SSSR count). The van der Waals surface area contributed by atoms with Crippen LogP contribution in [0.1, 0.15) is 27.7 Å². The molecule has 1 nitrogen and oxygen atoms in total. The maximum Gasteiger partial charge on any atom is 0.0357 e. The lowest BCUT2D eigenvalue weighted by Gasteiger charge is -1.99. The predicted octanol–water partition coefficient (Wildman–Crippen LogP) is 3.44. The van der Waals surface area contributed by atoms with Crippen LogP contribution in [0.3, 0.4) is 0 Å². The summed E-state index contributed by atoms with van der Waals surface area (Å²) in [5.41, 5.74) is 0.898. The summed E-state index contributed by atoms with van der Waals surface area (Å²) in [6.07, 6.45) is 3.30. The molecule has 0 fully saturated rings. The molecule has 0 aromatic rings. The summed E-state index contributed by atoms with van der Waals surface area (Å²) >= 11 is 0. The van der Waals surface area contributed by atoms with E-state index in [9.17, 15) is 0 Å². The first-order chi connectivity index (χ1) is 5.18. The molecule has 0 N–H and O–H groups in total. The van der Waals surface area contributed by atoms with Gasteiger partial charge in [0.05, 0.1) is 0 Å². The van der Waals surface area contributed by atoms with Crippen LogP contribution in [0.25, 0.3) is 0 Å². The molecule has 0 aromatic heterocycles. The van der Waals surface area contributed by atoms with Gasteiger partial charge >= 0.3 is 0 Å². The molecule has 0 radical (unpaired) electrons. The zero-order valence-corrected chi connectivity index (χ0v) is 8.09. The molecule has 0 amide bonds. The molecule has 0 saturated carbocycles. The van der Waals surface area contributed by atoms with Crippen LogP contribution in [0.5, 0.6) is 0 Å². The number of hydrogen-bond acceptors (Lipinski definition) is 1. The molecule has 0 heterocycles. The molecule has 0 aromatic carbocycles. The minimum atomic E-state index is 0.432. The maximum absolute atomic E-state index is 4.00. The van der Waals surface area contributed by atoms with Crippen LogP contribution in [-0.4, -0.2) is 6.21 Å². The molecular weight excluding hydrogens is 134 g/mol. The van der Waals surface area contributed by atoms with E-state index in [0.717, 1.165) is 5.70 Å². The molecule has 0 saturated heterocycles. The van der Waals surface area contributed by atoms with Gasteiger partial charge in [0.25, 0.3) is 0 Å². The van der Waals surface area contributed by atoms with Crippen LogP contribution in [-0.2, 0) is 0 Å². The average Bonchev–Trinajstić information content (AvgIpc) is 2.03. The highest BCUT2D eigenvalue weighted by Crippen LogP contribution is 2.05. The van der Waals surface area contributed by atoms with Crippen LogP contribution in [0.4, 0.5) is 0 Å². The highest BCUT2D eigenvalue weighted by Gasteiger charge is 1.93. The van der Waals surface area contributed by atoms with Gasteiger partial charge in [-0.25, -0.2) is 0 Å². The molecule has 64 valence electrons. The SMILES string of the molecule is C=CC=NC(=C)C(C)C.CC. The van der Waals surface area contributed by atoms with Crippen LogP contribution < -0.4 is 0 Å². The number of allylic oxidation sites excluding steroid dienone is 2. The highest BCUT2D eigenvalue weighted by atomic mass is 14.7. The fourth-order valence-electron chi connectivity index (χ4n) is 0.298. The van der Waals surface area contributed by atoms with E-state index in [1.54, 1.807) is 12.3 Å². The largest absolute Gasteiger partial charge is 0.262 e. The fourth-order valence-corrected chi connectivity index (χ4v) is 0.298. The highest BCUT2D eigenvalue weighted by molar-refractivity contribution is 5.71. The number of rotatable bonds is 3. The number of nitrogens with zero attached hydrogens (tertiary/aromatic N) is 1. The first kappa shape index (κ1) is 12.8. The minimum Gasteiger partial charge on any atom is -0.262 e. The van der Waals surface area contributed by atoms with Gasteiger partial charge in [0.15, 0.2) is 0 Å². The molecule has 0 unspecified atom stereocenters.